The molecule has 4 aromatic rings. The fourth-order valence-electron chi connectivity index (χ4n) is 2.66. The Morgan fingerprint density at radius 3 is 2.61 bits per heavy atom. The summed E-state index contributed by atoms with van der Waals surface area (Å²) < 4.78 is 5.66. The van der Waals surface area contributed by atoms with E-state index in [0.29, 0.717) is 11.1 Å². The summed E-state index contributed by atoms with van der Waals surface area (Å²) in [7, 11) is 0. The second-order valence-electron chi connectivity index (χ2n) is 6.01. The fraction of sp³-hybridized carbons (Fsp3) is 0.0952. The van der Waals surface area contributed by atoms with Gasteiger partial charge in [0, 0.05) is 11.3 Å². The van der Waals surface area contributed by atoms with Crippen LogP contribution in [0.15, 0.2) is 81.8 Å². The van der Waals surface area contributed by atoms with Gasteiger partial charge in [-0.15, -0.1) is 21.5 Å². The van der Waals surface area contributed by atoms with E-state index in [4.69, 9.17) is 4.42 Å². The Morgan fingerprint density at radius 1 is 1.04 bits per heavy atom. The molecule has 1 amide bonds. The summed E-state index contributed by atoms with van der Waals surface area (Å²) in [6, 6.07) is 21.6. The minimum absolute atomic E-state index is 0.121. The molecular weight excluding hydrogens is 390 g/mol. The summed E-state index contributed by atoms with van der Waals surface area (Å²) >= 11 is 2.77. The quantitative estimate of drug-likeness (QED) is 0.422. The molecule has 0 unspecified atom stereocenters. The van der Waals surface area contributed by atoms with Crippen molar-refractivity contribution in [1.29, 1.82) is 0 Å². The van der Waals surface area contributed by atoms with E-state index in [2.05, 4.69) is 15.5 Å². The predicted octanol–water partition coefficient (Wildman–Crippen LogP) is 5.58. The van der Waals surface area contributed by atoms with E-state index in [1.807, 2.05) is 79.0 Å². The average Bonchev–Trinajstić information content (AvgIpc) is 3.41. The third-order valence-corrected chi connectivity index (χ3v) is 5.85. The monoisotopic (exact) mass is 407 g/mol. The van der Waals surface area contributed by atoms with Gasteiger partial charge in [-0.05, 0) is 30.0 Å². The third-order valence-electron chi connectivity index (χ3n) is 4.05. The first-order chi connectivity index (χ1) is 13.7. The first kappa shape index (κ1) is 18.5. The molecule has 1 atom stereocenters. The number of hydrogen-bond donors (Lipinski definition) is 1. The van der Waals surface area contributed by atoms with Gasteiger partial charge in [-0.2, -0.15) is 0 Å². The molecule has 7 heteroatoms. The molecule has 2 heterocycles. The fourth-order valence-corrected chi connectivity index (χ4v) is 3.99. The Hall–Kier alpha value is -2.90. The minimum Gasteiger partial charge on any atom is -0.410 e. The van der Waals surface area contributed by atoms with Crippen LogP contribution in [0.2, 0.25) is 0 Å². The van der Waals surface area contributed by atoms with Crippen molar-refractivity contribution in [3.63, 3.8) is 0 Å². The summed E-state index contributed by atoms with van der Waals surface area (Å²) in [5.74, 6) is 0.351. The van der Waals surface area contributed by atoms with Gasteiger partial charge in [0.05, 0.1) is 10.1 Å². The van der Waals surface area contributed by atoms with Crippen LogP contribution in [-0.4, -0.2) is 21.4 Å². The first-order valence-electron chi connectivity index (χ1n) is 8.70. The van der Waals surface area contributed by atoms with Crippen molar-refractivity contribution in [2.75, 3.05) is 5.32 Å². The molecule has 0 saturated carbocycles. The number of rotatable bonds is 6. The molecule has 140 valence electrons. The predicted molar refractivity (Wildman–Crippen MR) is 113 cm³/mol. The normalized spacial score (nSPS) is 11.9. The van der Waals surface area contributed by atoms with E-state index < -0.39 is 0 Å². The van der Waals surface area contributed by atoms with Gasteiger partial charge in [0.15, 0.2) is 0 Å². The average molecular weight is 408 g/mol. The zero-order chi connectivity index (χ0) is 19.3. The van der Waals surface area contributed by atoms with Crippen molar-refractivity contribution in [3.8, 4) is 21.9 Å². The molecule has 4 rings (SSSR count). The lowest BCUT2D eigenvalue weighted by atomic mass is 10.0. The minimum atomic E-state index is -0.388. The summed E-state index contributed by atoms with van der Waals surface area (Å²) in [6.45, 7) is 1.82. The SMILES string of the molecule is C[C@@H](Sc1nnc(-c2cccs2)o1)C(=O)Nc1ccccc1-c1ccccc1. The molecule has 1 N–H and O–H groups in total. The lowest BCUT2D eigenvalue weighted by Crippen LogP contribution is -2.22. The van der Waals surface area contributed by atoms with Gasteiger partial charge in [0.2, 0.25) is 5.91 Å². The Kier molecular flexibility index (Phi) is 5.55. The largest absolute Gasteiger partial charge is 0.410 e. The van der Waals surface area contributed by atoms with E-state index in [1.165, 1.54) is 23.1 Å². The Bertz CT molecular complexity index is 1060. The summed E-state index contributed by atoms with van der Waals surface area (Å²) in [5.41, 5.74) is 2.80. The highest BCUT2D eigenvalue weighted by Gasteiger charge is 2.20. The van der Waals surface area contributed by atoms with Crippen LogP contribution in [-0.2, 0) is 4.79 Å². The zero-order valence-electron chi connectivity index (χ0n) is 15.0. The van der Waals surface area contributed by atoms with Crippen LogP contribution in [0.1, 0.15) is 6.92 Å². The Morgan fingerprint density at radius 2 is 1.82 bits per heavy atom. The van der Waals surface area contributed by atoms with Gasteiger partial charge in [-0.25, -0.2) is 0 Å². The topological polar surface area (TPSA) is 68.0 Å². The number of carbonyl (C=O) groups is 1. The van der Waals surface area contributed by atoms with Gasteiger partial charge in [-0.1, -0.05) is 66.4 Å². The molecular formula is C21H17N3O2S2. The number of thiophene rings is 1. The van der Waals surface area contributed by atoms with Crippen molar-refractivity contribution in [3.05, 3.63) is 72.1 Å². The van der Waals surface area contributed by atoms with Crippen LogP contribution in [0, 0.1) is 0 Å². The van der Waals surface area contributed by atoms with Crippen molar-refractivity contribution in [2.24, 2.45) is 0 Å². The number of carbonyl (C=O) groups excluding carboxylic acids is 1. The van der Waals surface area contributed by atoms with Crippen LogP contribution in [0.25, 0.3) is 21.9 Å². The number of anilines is 1. The number of hydrogen-bond acceptors (Lipinski definition) is 6. The number of aromatic nitrogens is 2. The van der Waals surface area contributed by atoms with Gasteiger partial charge in [0.1, 0.15) is 0 Å². The molecule has 0 spiro atoms. The second-order valence-corrected chi connectivity index (χ2v) is 8.25. The molecule has 5 nitrogen and oxygen atoms in total. The molecule has 2 aromatic heterocycles. The van der Waals surface area contributed by atoms with Crippen molar-refractivity contribution < 1.29 is 9.21 Å². The number of thioether (sulfide) groups is 1. The van der Waals surface area contributed by atoms with E-state index in [0.717, 1.165) is 21.7 Å². The standard InChI is InChI=1S/C21H17N3O2S2/c1-14(28-21-24-23-20(26-21)18-12-7-13-27-18)19(25)22-17-11-6-5-10-16(17)15-8-3-2-4-9-15/h2-14H,1H3,(H,22,25)/t14-/m1/s1. The van der Waals surface area contributed by atoms with Crippen LogP contribution in [0.3, 0.4) is 0 Å². The third kappa shape index (κ3) is 4.16. The molecule has 0 aliphatic heterocycles. The highest BCUT2D eigenvalue weighted by Crippen LogP contribution is 2.31. The molecule has 0 fully saturated rings. The highest BCUT2D eigenvalue weighted by atomic mass is 32.2. The van der Waals surface area contributed by atoms with Crippen LogP contribution < -0.4 is 5.32 Å². The number of nitrogens with zero attached hydrogens (tertiary/aromatic N) is 2. The number of benzene rings is 2. The van der Waals surface area contributed by atoms with Gasteiger partial charge < -0.3 is 9.73 Å². The van der Waals surface area contributed by atoms with Crippen molar-refractivity contribution >= 4 is 34.7 Å². The molecule has 28 heavy (non-hydrogen) atoms. The van der Waals surface area contributed by atoms with Crippen LogP contribution in [0.5, 0.6) is 0 Å². The van der Waals surface area contributed by atoms with Gasteiger partial charge >= 0.3 is 0 Å². The maximum atomic E-state index is 12.7. The molecule has 0 bridgehead atoms. The Balaban J connectivity index is 1.46. The zero-order valence-corrected chi connectivity index (χ0v) is 16.7. The number of para-hydroxylation sites is 1. The number of amides is 1. The summed E-state index contributed by atoms with van der Waals surface area (Å²) in [6.07, 6.45) is 0. The number of nitrogens with one attached hydrogen (secondary N) is 1. The maximum absolute atomic E-state index is 12.7. The van der Waals surface area contributed by atoms with E-state index in [-0.39, 0.29) is 11.2 Å². The lowest BCUT2D eigenvalue weighted by Gasteiger charge is -2.13. The molecule has 0 radical (unpaired) electrons. The lowest BCUT2D eigenvalue weighted by molar-refractivity contribution is -0.115. The van der Waals surface area contributed by atoms with Crippen molar-refractivity contribution in [1.82, 2.24) is 10.2 Å². The first-order valence-corrected chi connectivity index (χ1v) is 10.5. The Labute approximate surface area is 170 Å². The summed E-state index contributed by atoms with van der Waals surface area (Å²) in [4.78, 5) is 13.6. The highest BCUT2D eigenvalue weighted by molar-refractivity contribution is 8.00. The van der Waals surface area contributed by atoms with Crippen LogP contribution in [0.4, 0.5) is 5.69 Å². The molecule has 2 aromatic carbocycles. The van der Waals surface area contributed by atoms with Gasteiger partial charge in [-0.3, -0.25) is 4.79 Å². The van der Waals surface area contributed by atoms with Crippen molar-refractivity contribution in [2.45, 2.75) is 17.4 Å². The van der Waals surface area contributed by atoms with E-state index in [1.54, 1.807) is 0 Å². The molecule has 0 aliphatic rings. The van der Waals surface area contributed by atoms with E-state index >= 15 is 0 Å². The summed E-state index contributed by atoms with van der Waals surface area (Å²) in [5, 5.41) is 13.0. The molecule has 0 saturated heterocycles. The smallest absolute Gasteiger partial charge is 0.277 e. The molecule has 0 aliphatic carbocycles. The van der Waals surface area contributed by atoms with Gasteiger partial charge in [0.25, 0.3) is 11.1 Å². The van der Waals surface area contributed by atoms with E-state index in [9.17, 15) is 4.79 Å². The van der Waals surface area contributed by atoms with Crippen LogP contribution >= 0.6 is 23.1 Å². The maximum Gasteiger partial charge on any atom is 0.277 e. The second kappa shape index (κ2) is 8.41.